The molecule has 0 saturated carbocycles. The van der Waals surface area contributed by atoms with Crippen molar-refractivity contribution < 1.29 is 118 Å². The fourth-order valence-corrected chi connectivity index (χ4v) is 21.6. The summed E-state index contributed by atoms with van der Waals surface area (Å²) in [5, 5.41) is 1.81. The molecule has 0 atom stereocenters. The maximum Gasteiger partial charge on any atom is 0.358 e. The van der Waals surface area contributed by atoms with E-state index in [2.05, 4.69) is 0 Å². The number of hydrogen-bond acceptors (Lipinski definition) is 4. The number of hydrogen-bond donors (Lipinski definition) is 0. The topological polar surface area (TPSA) is 60.4 Å². The molecule has 8 rings (SSSR count). The number of benzene rings is 6. The molecule has 0 spiro atoms. The Balaban J connectivity index is 0.000000246. The molecule has 8 aromatic rings. The zero-order valence-electron chi connectivity index (χ0n) is 31.9. The summed E-state index contributed by atoms with van der Waals surface area (Å²) in [4.78, 5) is 22.7. The van der Waals surface area contributed by atoms with Gasteiger partial charge in [-0.1, -0.05) is 0 Å². The van der Waals surface area contributed by atoms with Crippen molar-refractivity contribution in [1.82, 2.24) is 0 Å². The van der Waals surface area contributed by atoms with Crippen LogP contribution >= 0.6 is 0 Å². The van der Waals surface area contributed by atoms with Crippen molar-refractivity contribution in [2.45, 2.75) is 0 Å². The Bertz CT molecular complexity index is 3090. The van der Waals surface area contributed by atoms with Crippen LogP contribution in [0.2, 0.25) is 0 Å². The second-order valence-electron chi connectivity index (χ2n) is 13.8. The molecule has 0 saturated heterocycles. The fraction of sp³-hybridized carbons (Fsp3) is 0. The van der Waals surface area contributed by atoms with Gasteiger partial charge in [-0.25, -0.2) is 9.59 Å². The van der Waals surface area contributed by atoms with Crippen LogP contribution in [-0.2, 0) is 0 Å². The maximum atomic E-state index is 15.4. The van der Waals surface area contributed by atoms with Gasteiger partial charge in [0.25, 0.3) is 0 Å². The van der Waals surface area contributed by atoms with Crippen LogP contribution in [0.25, 0.3) is 21.9 Å². The molecule has 6 aromatic carbocycles. The van der Waals surface area contributed by atoms with Gasteiger partial charge in [0.2, 0.25) is 0 Å². The minimum absolute atomic E-state index is 0.347. The SMILES string of the molecule is Fc1c(F)c(F)[c]([Ga-]([c]2c(F)c(F)c(F)c(F)c2F)([c]2c(F)c(F)c(F)c(F)c2F)[c]2c(F)c(F)c(F)c(F)c2F)c(F)c1F.O=c1ccc2ccc([I+]c3ccc4ccc(=O)oc4c3)cc2o1. The summed E-state index contributed by atoms with van der Waals surface area (Å²) in [6.07, 6.45) is 0. The van der Waals surface area contributed by atoms with Crippen LogP contribution in [0.4, 0.5) is 87.8 Å². The summed E-state index contributed by atoms with van der Waals surface area (Å²) in [5.41, 5.74) is 0.504. The average Bonchev–Trinajstić information content (AvgIpc) is 3.31. The van der Waals surface area contributed by atoms with Crippen LogP contribution < -0.4 is 48.9 Å². The predicted octanol–water partition coefficient (Wildman–Crippen LogP) is 5.87. The van der Waals surface area contributed by atoms with Crippen molar-refractivity contribution >= 4 is 53.4 Å². The van der Waals surface area contributed by atoms with Gasteiger partial charge >= 0.3 is 268 Å². The molecule has 0 unspecified atom stereocenters. The molecule has 26 heteroatoms. The molecular formula is C42H10F20GaIO4. The first-order chi connectivity index (χ1) is 31.9. The van der Waals surface area contributed by atoms with Crippen LogP contribution in [-0.4, -0.2) is 15.0 Å². The molecule has 2 aromatic heterocycles. The molecule has 68 heavy (non-hydrogen) atoms. The molecule has 4 nitrogen and oxygen atoms in total. The summed E-state index contributed by atoms with van der Waals surface area (Å²) < 4.78 is 293. The normalized spacial score (nSPS) is 11.7. The van der Waals surface area contributed by atoms with Gasteiger partial charge < -0.3 is 8.83 Å². The largest absolute Gasteiger partial charge is 0.423 e. The Morgan fingerprint density at radius 2 is 0.500 bits per heavy atom. The first kappa shape index (κ1) is 49.6. The van der Waals surface area contributed by atoms with E-state index in [9.17, 15) is 62.3 Å². The number of halogens is 21. The van der Waals surface area contributed by atoms with Crippen molar-refractivity contribution in [1.29, 1.82) is 0 Å². The standard InChI is InChI=1S/C18H10IO4.4C6F5.Ga/c20-17-7-3-11-1-5-13(9-15(11)22-17)19-14-6-2-12-4-8-18(21)23-16(12)10-14;4*7-2-1-3(8)5(10)6(11)4(2)9;/h1-10H;;;;;/q+1;;;;;-1. The molecule has 0 fully saturated rings. The van der Waals surface area contributed by atoms with Crippen LogP contribution in [0.1, 0.15) is 0 Å². The van der Waals surface area contributed by atoms with Crippen LogP contribution in [0.15, 0.2) is 79.1 Å². The minimum Gasteiger partial charge on any atom is -0.423 e. The van der Waals surface area contributed by atoms with Gasteiger partial charge in [0.1, 0.15) is 11.2 Å². The third-order valence-electron chi connectivity index (χ3n) is 10.1. The second-order valence-corrected chi connectivity index (χ2v) is 25.3. The Labute approximate surface area is 374 Å². The number of fused-ring (bicyclic) bond motifs is 2. The zero-order chi connectivity index (χ0) is 50.2. The third kappa shape index (κ3) is 7.87. The van der Waals surface area contributed by atoms with Crippen molar-refractivity contribution in [2.75, 3.05) is 0 Å². The van der Waals surface area contributed by atoms with E-state index in [0.717, 1.165) is 17.9 Å². The number of rotatable bonds is 6. The van der Waals surface area contributed by atoms with E-state index in [1.807, 2.05) is 36.4 Å². The van der Waals surface area contributed by atoms with E-state index in [4.69, 9.17) is 8.83 Å². The van der Waals surface area contributed by atoms with Gasteiger partial charge in [0.05, 0.1) is 0 Å². The van der Waals surface area contributed by atoms with E-state index in [0.29, 0.717) is 11.2 Å². The van der Waals surface area contributed by atoms with Gasteiger partial charge in [-0.2, -0.15) is 0 Å². The van der Waals surface area contributed by atoms with E-state index in [1.165, 1.54) is 12.1 Å². The van der Waals surface area contributed by atoms with Gasteiger partial charge in [-0.05, 0) is 36.4 Å². The molecule has 0 amide bonds. The predicted molar refractivity (Wildman–Crippen MR) is 192 cm³/mol. The van der Waals surface area contributed by atoms with Crippen molar-refractivity contribution in [3.63, 3.8) is 0 Å². The molecule has 0 aliphatic heterocycles. The monoisotopic (exact) mass is 1150 g/mol. The molecule has 0 aliphatic carbocycles. The minimum atomic E-state index is -9.74. The van der Waals surface area contributed by atoms with E-state index in [1.54, 1.807) is 12.1 Å². The van der Waals surface area contributed by atoms with E-state index >= 15 is 35.1 Å². The van der Waals surface area contributed by atoms with Crippen molar-refractivity contribution in [2.24, 2.45) is 0 Å². The summed E-state index contributed by atoms with van der Waals surface area (Å²) in [7, 11) is 0. The summed E-state index contributed by atoms with van der Waals surface area (Å²) in [5.74, 6) is -70.5. The average molecular weight is 1160 g/mol. The third-order valence-corrected chi connectivity index (χ3v) is 24.2. The summed E-state index contributed by atoms with van der Waals surface area (Å²) in [6, 6.07) is 18.2. The molecule has 2 heterocycles. The summed E-state index contributed by atoms with van der Waals surface area (Å²) >= 11 is -10.2. The smallest absolute Gasteiger partial charge is 0.358 e. The molecule has 0 bridgehead atoms. The Morgan fingerprint density at radius 1 is 0.294 bits per heavy atom. The van der Waals surface area contributed by atoms with Crippen LogP contribution in [0.5, 0.6) is 0 Å². The van der Waals surface area contributed by atoms with Gasteiger partial charge in [0.15, 0.2) is 7.14 Å². The molecule has 352 valence electrons. The Kier molecular flexibility index (Phi) is 13.4. The van der Waals surface area contributed by atoms with Gasteiger partial charge in [-0.15, -0.1) is 0 Å². The first-order valence-electron chi connectivity index (χ1n) is 17.8. The molecule has 0 N–H and O–H groups in total. The quantitative estimate of drug-likeness (QED) is 0.0523. The molecular weight excluding hydrogens is 1150 g/mol. The molecule has 0 aliphatic rings. The van der Waals surface area contributed by atoms with Crippen LogP contribution in [0.3, 0.4) is 0 Å². The van der Waals surface area contributed by atoms with Crippen molar-refractivity contribution in [3.8, 4) is 0 Å². The molecule has 0 radical (unpaired) electrons. The first-order valence-corrected chi connectivity index (χ1v) is 24.8. The summed E-state index contributed by atoms with van der Waals surface area (Å²) in [6.45, 7) is 0. The fourth-order valence-electron chi connectivity index (χ4n) is 7.19. The second kappa shape index (κ2) is 18.3. The van der Waals surface area contributed by atoms with Gasteiger partial charge in [-0.3, -0.25) is 0 Å². The van der Waals surface area contributed by atoms with E-state index < -0.39 is 169 Å². The van der Waals surface area contributed by atoms with Crippen molar-refractivity contribution in [3.05, 3.63) is 205 Å². The maximum absolute atomic E-state index is 15.4. The van der Waals surface area contributed by atoms with E-state index in [-0.39, 0.29) is 11.3 Å². The van der Waals surface area contributed by atoms with Crippen LogP contribution in [0, 0.1) is 123 Å². The van der Waals surface area contributed by atoms with Gasteiger partial charge in [0, 0.05) is 35.0 Å². The Hall–Kier alpha value is -6.29. The zero-order valence-corrected chi connectivity index (χ0v) is 36.5. The Morgan fingerprint density at radius 3 is 0.735 bits per heavy atom.